The monoisotopic (exact) mass is 342 g/mol. The van der Waals surface area contributed by atoms with Gasteiger partial charge in [0.1, 0.15) is 5.82 Å². The first-order valence-corrected chi connectivity index (χ1v) is 8.38. The molecule has 0 bridgehead atoms. The van der Waals surface area contributed by atoms with Gasteiger partial charge < -0.3 is 5.11 Å². The highest BCUT2D eigenvalue weighted by atomic mass is 79.9. The van der Waals surface area contributed by atoms with Crippen LogP contribution in [0.2, 0.25) is 0 Å². The van der Waals surface area contributed by atoms with Gasteiger partial charge in [-0.3, -0.25) is 0 Å². The summed E-state index contributed by atoms with van der Waals surface area (Å²) in [5, 5.41) is 10.4. The van der Waals surface area contributed by atoms with Gasteiger partial charge in [-0.25, -0.2) is 4.39 Å². The third kappa shape index (κ3) is 4.05. The maximum absolute atomic E-state index is 13.1. The summed E-state index contributed by atoms with van der Waals surface area (Å²) in [4.78, 5) is 0. The minimum atomic E-state index is -0.315. The van der Waals surface area contributed by atoms with E-state index in [4.69, 9.17) is 0 Å². The summed E-state index contributed by atoms with van der Waals surface area (Å²) in [6, 6.07) is 4.70. The van der Waals surface area contributed by atoms with Crippen LogP contribution in [-0.4, -0.2) is 11.2 Å². The number of halogens is 2. The fourth-order valence-corrected chi connectivity index (χ4v) is 3.79. The number of benzene rings is 1. The zero-order chi connectivity index (χ0) is 14.7. The van der Waals surface area contributed by atoms with Crippen LogP contribution in [-0.2, 0) is 6.42 Å². The molecule has 1 N–H and O–H groups in total. The molecule has 2 rings (SSSR count). The molecule has 1 saturated carbocycles. The van der Waals surface area contributed by atoms with E-state index < -0.39 is 0 Å². The van der Waals surface area contributed by atoms with E-state index in [1.54, 1.807) is 6.07 Å². The lowest BCUT2D eigenvalue weighted by atomic mass is 9.74. The Morgan fingerprint density at radius 2 is 1.80 bits per heavy atom. The fourth-order valence-electron chi connectivity index (χ4n) is 3.28. The molecule has 0 aliphatic heterocycles. The lowest BCUT2D eigenvalue weighted by Gasteiger charge is -2.33. The standard InChI is InChI=1S/C17H24BrFO/c1-11(2)12-3-5-13(6-4-12)17(20)9-14-7-8-15(19)10-16(14)18/h7-8,10-13,17,20H,3-6,9H2,1-2H3. The first-order chi connectivity index (χ1) is 9.47. The van der Waals surface area contributed by atoms with Gasteiger partial charge >= 0.3 is 0 Å². The largest absolute Gasteiger partial charge is 0.392 e. The molecule has 0 heterocycles. The van der Waals surface area contributed by atoms with Crippen LogP contribution in [0.4, 0.5) is 4.39 Å². The van der Waals surface area contributed by atoms with E-state index in [0.717, 1.165) is 34.7 Å². The summed E-state index contributed by atoms with van der Waals surface area (Å²) >= 11 is 3.38. The van der Waals surface area contributed by atoms with Crippen molar-refractivity contribution in [3.05, 3.63) is 34.1 Å². The van der Waals surface area contributed by atoms with Gasteiger partial charge in [0.05, 0.1) is 6.10 Å². The molecule has 0 saturated heterocycles. The van der Waals surface area contributed by atoms with Crippen molar-refractivity contribution in [2.45, 2.75) is 52.1 Å². The summed E-state index contributed by atoms with van der Waals surface area (Å²) in [6.07, 6.45) is 4.97. The minimum absolute atomic E-state index is 0.243. The quantitative estimate of drug-likeness (QED) is 0.820. The number of aliphatic hydroxyl groups is 1. The number of hydrogen-bond acceptors (Lipinski definition) is 1. The summed E-state index contributed by atoms with van der Waals surface area (Å²) < 4.78 is 13.8. The van der Waals surface area contributed by atoms with Crippen LogP contribution in [0.25, 0.3) is 0 Å². The van der Waals surface area contributed by atoms with Crippen molar-refractivity contribution in [3.8, 4) is 0 Å². The predicted molar refractivity (Wildman–Crippen MR) is 84.1 cm³/mol. The second kappa shape index (κ2) is 7.04. The van der Waals surface area contributed by atoms with E-state index in [1.165, 1.54) is 25.0 Å². The summed E-state index contributed by atoms with van der Waals surface area (Å²) in [7, 11) is 0. The maximum atomic E-state index is 13.1. The Labute approximate surface area is 129 Å². The third-order valence-corrected chi connectivity index (χ3v) is 5.49. The van der Waals surface area contributed by atoms with Crippen molar-refractivity contribution in [2.75, 3.05) is 0 Å². The predicted octanol–water partition coefficient (Wildman–Crippen LogP) is 4.95. The molecule has 1 unspecified atom stereocenters. The molecule has 0 radical (unpaired) electrons. The van der Waals surface area contributed by atoms with Gasteiger partial charge in [-0.05, 0) is 67.6 Å². The number of aliphatic hydroxyl groups excluding tert-OH is 1. The summed E-state index contributed by atoms with van der Waals surface area (Å²) in [5.41, 5.74) is 0.991. The van der Waals surface area contributed by atoms with E-state index in [0.29, 0.717) is 12.3 Å². The highest BCUT2D eigenvalue weighted by Crippen LogP contribution is 2.35. The normalized spacial score (nSPS) is 24.9. The second-order valence-corrected chi connectivity index (χ2v) is 7.28. The van der Waals surface area contributed by atoms with Gasteiger partial charge in [-0.2, -0.15) is 0 Å². The zero-order valence-electron chi connectivity index (χ0n) is 12.3. The average molecular weight is 343 g/mol. The van der Waals surface area contributed by atoms with Crippen molar-refractivity contribution < 1.29 is 9.50 Å². The Kier molecular flexibility index (Phi) is 5.62. The van der Waals surface area contributed by atoms with E-state index in [2.05, 4.69) is 29.8 Å². The van der Waals surface area contributed by atoms with E-state index in [1.807, 2.05) is 0 Å². The Morgan fingerprint density at radius 3 is 2.35 bits per heavy atom. The molecule has 0 amide bonds. The third-order valence-electron chi connectivity index (χ3n) is 4.75. The van der Waals surface area contributed by atoms with Crippen LogP contribution in [0.5, 0.6) is 0 Å². The molecule has 0 spiro atoms. The van der Waals surface area contributed by atoms with Crippen LogP contribution in [0, 0.1) is 23.6 Å². The van der Waals surface area contributed by atoms with E-state index in [-0.39, 0.29) is 11.9 Å². The molecule has 0 aromatic heterocycles. The molecule has 1 nitrogen and oxygen atoms in total. The first-order valence-electron chi connectivity index (χ1n) is 7.59. The Bertz CT molecular complexity index is 439. The zero-order valence-corrected chi connectivity index (χ0v) is 13.9. The van der Waals surface area contributed by atoms with Crippen LogP contribution in [0.3, 0.4) is 0 Å². The second-order valence-electron chi connectivity index (χ2n) is 6.43. The number of hydrogen-bond donors (Lipinski definition) is 1. The van der Waals surface area contributed by atoms with Crippen molar-refractivity contribution in [3.63, 3.8) is 0 Å². The lowest BCUT2D eigenvalue weighted by molar-refractivity contribution is 0.0674. The molecule has 1 aromatic carbocycles. The Morgan fingerprint density at radius 1 is 1.20 bits per heavy atom. The highest BCUT2D eigenvalue weighted by Gasteiger charge is 2.28. The van der Waals surface area contributed by atoms with Crippen molar-refractivity contribution >= 4 is 15.9 Å². The van der Waals surface area contributed by atoms with Gasteiger partial charge in [0, 0.05) is 4.47 Å². The molecule has 1 fully saturated rings. The SMILES string of the molecule is CC(C)C1CCC(C(O)Cc2ccc(F)cc2Br)CC1. The van der Waals surface area contributed by atoms with Crippen molar-refractivity contribution in [2.24, 2.45) is 17.8 Å². The van der Waals surface area contributed by atoms with Gasteiger partial charge in [0.15, 0.2) is 0 Å². The Hall–Kier alpha value is -0.410. The van der Waals surface area contributed by atoms with Crippen LogP contribution in [0.1, 0.15) is 45.1 Å². The number of rotatable bonds is 4. The first kappa shape index (κ1) is 16.0. The minimum Gasteiger partial charge on any atom is -0.392 e. The van der Waals surface area contributed by atoms with E-state index in [9.17, 15) is 9.50 Å². The molecule has 112 valence electrons. The molecule has 20 heavy (non-hydrogen) atoms. The van der Waals surface area contributed by atoms with Gasteiger partial charge in [0.2, 0.25) is 0 Å². The molecular weight excluding hydrogens is 319 g/mol. The molecular formula is C17H24BrFO. The van der Waals surface area contributed by atoms with Gasteiger partial charge in [-0.15, -0.1) is 0 Å². The lowest BCUT2D eigenvalue weighted by Crippen LogP contribution is -2.28. The fraction of sp³-hybridized carbons (Fsp3) is 0.647. The van der Waals surface area contributed by atoms with Crippen LogP contribution < -0.4 is 0 Å². The molecule has 1 atom stereocenters. The maximum Gasteiger partial charge on any atom is 0.124 e. The highest BCUT2D eigenvalue weighted by molar-refractivity contribution is 9.10. The smallest absolute Gasteiger partial charge is 0.124 e. The molecule has 1 aliphatic carbocycles. The van der Waals surface area contributed by atoms with Crippen LogP contribution >= 0.6 is 15.9 Å². The molecule has 1 aliphatic rings. The summed E-state index contributed by atoms with van der Waals surface area (Å²) in [5.74, 6) is 1.71. The van der Waals surface area contributed by atoms with Crippen LogP contribution in [0.15, 0.2) is 22.7 Å². The van der Waals surface area contributed by atoms with Crippen molar-refractivity contribution in [1.82, 2.24) is 0 Å². The van der Waals surface area contributed by atoms with Crippen molar-refractivity contribution in [1.29, 1.82) is 0 Å². The Balaban J connectivity index is 1.91. The van der Waals surface area contributed by atoms with Gasteiger partial charge in [-0.1, -0.05) is 35.8 Å². The molecule has 1 aromatic rings. The summed E-state index contributed by atoms with van der Waals surface area (Å²) in [6.45, 7) is 4.58. The van der Waals surface area contributed by atoms with Gasteiger partial charge in [0.25, 0.3) is 0 Å². The average Bonchev–Trinajstić information content (AvgIpc) is 2.42. The van der Waals surface area contributed by atoms with E-state index >= 15 is 0 Å². The topological polar surface area (TPSA) is 20.2 Å². The molecule has 3 heteroatoms.